The van der Waals surface area contributed by atoms with E-state index in [4.69, 9.17) is 9.15 Å². The van der Waals surface area contributed by atoms with E-state index < -0.39 is 16.8 Å². The molecular formula is C23H17N3O6. The second-order valence-electron chi connectivity index (χ2n) is 6.43. The van der Waals surface area contributed by atoms with Gasteiger partial charge in [0.1, 0.15) is 23.2 Å². The molecule has 0 aliphatic heterocycles. The minimum absolute atomic E-state index is 0.0851. The van der Waals surface area contributed by atoms with Crippen LogP contribution in [0.1, 0.15) is 23.0 Å². The Balaban J connectivity index is 1.78. The summed E-state index contributed by atoms with van der Waals surface area (Å²) in [7, 11) is 0. The summed E-state index contributed by atoms with van der Waals surface area (Å²) in [6, 6.07) is 17.0. The summed E-state index contributed by atoms with van der Waals surface area (Å²) >= 11 is 0. The minimum Gasteiger partial charge on any atom is -0.462 e. The normalized spacial score (nSPS) is 10.8. The second kappa shape index (κ2) is 9.86. The fourth-order valence-electron chi connectivity index (χ4n) is 2.79. The van der Waals surface area contributed by atoms with Gasteiger partial charge in [0.05, 0.1) is 17.1 Å². The van der Waals surface area contributed by atoms with Crippen molar-refractivity contribution in [1.82, 2.24) is 0 Å². The average Bonchev–Trinajstić information content (AvgIpc) is 3.26. The number of nitrogens with zero attached hydrogens (tertiary/aromatic N) is 2. The van der Waals surface area contributed by atoms with Crippen LogP contribution >= 0.6 is 0 Å². The highest BCUT2D eigenvalue weighted by atomic mass is 16.6. The maximum absolute atomic E-state index is 12.5. The predicted octanol–water partition coefficient (Wildman–Crippen LogP) is 4.58. The quantitative estimate of drug-likeness (QED) is 0.190. The molecule has 1 amide bonds. The van der Waals surface area contributed by atoms with Crippen molar-refractivity contribution >= 4 is 29.3 Å². The van der Waals surface area contributed by atoms with Gasteiger partial charge in [0.2, 0.25) is 0 Å². The number of nitro benzene ring substituents is 1. The molecule has 9 nitrogen and oxygen atoms in total. The molecule has 1 aromatic heterocycles. The number of carbonyl (C=O) groups is 2. The van der Waals surface area contributed by atoms with Crippen LogP contribution in [0.2, 0.25) is 0 Å². The third-order valence-corrected chi connectivity index (χ3v) is 4.25. The first kappa shape index (κ1) is 22.0. The lowest BCUT2D eigenvalue weighted by atomic mass is 10.1. The Labute approximate surface area is 182 Å². The molecule has 0 atom stereocenters. The summed E-state index contributed by atoms with van der Waals surface area (Å²) in [4.78, 5) is 34.8. The summed E-state index contributed by atoms with van der Waals surface area (Å²) in [6.45, 7) is 1.91. The van der Waals surface area contributed by atoms with Gasteiger partial charge in [-0.05, 0) is 37.3 Å². The van der Waals surface area contributed by atoms with Crippen molar-refractivity contribution in [3.63, 3.8) is 0 Å². The van der Waals surface area contributed by atoms with Gasteiger partial charge in [-0.3, -0.25) is 14.9 Å². The lowest BCUT2D eigenvalue weighted by molar-refractivity contribution is -0.384. The van der Waals surface area contributed by atoms with Crippen LogP contribution in [-0.4, -0.2) is 23.4 Å². The van der Waals surface area contributed by atoms with Crippen molar-refractivity contribution in [2.45, 2.75) is 6.92 Å². The van der Waals surface area contributed by atoms with Gasteiger partial charge in [-0.15, -0.1) is 0 Å². The zero-order chi connectivity index (χ0) is 23.1. The Bertz CT molecular complexity index is 1250. The van der Waals surface area contributed by atoms with Crippen molar-refractivity contribution in [3.8, 4) is 17.4 Å². The highest BCUT2D eigenvalue weighted by Crippen LogP contribution is 2.26. The third kappa shape index (κ3) is 5.25. The van der Waals surface area contributed by atoms with Crippen LogP contribution in [0.15, 0.2) is 70.7 Å². The summed E-state index contributed by atoms with van der Waals surface area (Å²) in [5, 5.41) is 22.9. The topological polar surface area (TPSA) is 135 Å². The number of furan rings is 1. The number of nitrogens with one attached hydrogen (secondary N) is 1. The Morgan fingerprint density at radius 2 is 1.97 bits per heavy atom. The second-order valence-corrected chi connectivity index (χ2v) is 6.43. The SMILES string of the molecule is CCOC(=O)c1cccc(NC(=O)/C(C#N)=C\c2ccc(-c3cccc([N+](=O)[O-])c3)o2)c1. The first-order valence-corrected chi connectivity index (χ1v) is 9.46. The lowest BCUT2D eigenvalue weighted by Crippen LogP contribution is -2.14. The van der Waals surface area contributed by atoms with Gasteiger partial charge in [0.25, 0.3) is 11.6 Å². The van der Waals surface area contributed by atoms with Crippen molar-refractivity contribution < 1.29 is 23.7 Å². The van der Waals surface area contributed by atoms with Crippen LogP contribution in [0.5, 0.6) is 0 Å². The largest absolute Gasteiger partial charge is 0.462 e. The maximum atomic E-state index is 12.5. The van der Waals surface area contributed by atoms with Crippen molar-refractivity contribution in [1.29, 1.82) is 5.26 Å². The van der Waals surface area contributed by atoms with Gasteiger partial charge in [-0.2, -0.15) is 5.26 Å². The number of anilines is 1. The van der Waals surface area contributed by atoms with Crippen LogP contribution in [0.4, 0.5) is 11.4 Å². The molecule has 1 N–H and O–H groups in total. The van der Waals surface area contributed by atoms with Crippen LogP contribution in [-0.2, 0) is 9.53 Å². The van der Waals surface area contributed by atoms with E-state index in [1.165, 1.54) is 30.3 Å². The molecule has 32 heavy (non-hydrogen) atoms. The summed E-state index contributed by atoms with van der Waals surface area (Å²) in [5.74, 6) is -0.649. The number of amides is 1. The molecule has 3 aromatic rings. The van der Waals surface area contributed by atoms with Crippen LogP contribution in [0, 0.1) is 21.4 Å². The number of benzene rings is 2. The Kier molecular flexibility index (Phi) is 6.78. The summed E-state index contributed by atoms with van der Waals surface area (Å²) in [5.41, 5.74) is 0.750. The number of hydrogen-bond donors (Lipinski definition) is 1. The molecule has 1 heterocycles. The molecule has 0 saturated carbocycles. The highest BCUT2D eigenvalue weighted by Gasteiger charge is 2.14. The van der Waals surface area contributed by atoms with Gasteiger partial charge in [0, 0.05) is 29.5 Å². The molecule has 9 heteroatoms. The number of nitro groups is 1. The van der Waals surface area contributed by atoms with Crippen LogP contribution < -0.4 is 5.32 Å². The smallest absolute Gasteiger partial charge is 0.338 e. The van der Waals surface area contributed by atoms with Gasteiger partial charge in [-0.1, -0.05) is 18.2 Å². The number of nitriles is 1. The van der Waals surface area contributed by atoms with E-state index in [-0.39, 0.29) is 29.2 Å². The maximum Gasteiger partial charge on any atom is 0.338 e. The number of non-ortho nitro benzene ring substituents is 1. The molecule has 0 aliphatic carbocycles. The molecular weight excluding hydrogens is 414 g/mol. The number of hydrogen-bond acceptors (Lipinski definition) is 7. The van der Waals surface area contributed by atoms with Gasteiger partial charge in [-0.25, -0.2) is 4.79 Å². The predicted molar refractivity (Wildman–Crippen MR) is 115 cm³/mol. The zero-order valence-electron chi connectivity index (χ0n) is 16.9. The third-order valence-electron chi connectivity index (χ3n) is 4.25. The number of carbonyl (C=O) groups excluding carboxylic acids is 2. The standard InChI is InChI=1S/C23H17N3O6/c1-2-31-23(28)16-6-3-7-18(11-16)25-22(27)17(14-24)13-20-9-10-21(32-20)15-5-4-8-19(12-15)26(29)30/h3-13H,2H2,1H3,(H,25,27)/b17-13-. The van der Waals surface area contributed by atoms with Crippen molar-refractivity contribution in [2.24, 2.45) is 0 Å². The number of rotatable bonds is 7. The number of ether oxygens (including phenoxy) is 1. The van der Waals surface area contributed by atoms with E-state index in [1.54, 1.807) is 43.3 Å². The monoisotopic (exact) mass is 431 g/mol. The van der Waals surface area contributed by atoms with Crippen molar-refractivity contribution in [3.05, 3.63) is 87.7 Å². The molecule has 0 unspecified atom stereocenters. The molecule has 0 spiro atoms. The van der Waals surface area contributed by atoms with Crippen molar-refractivity contribution in [2.75, 3.05) is 11.9 Å². The van der Waals surface area contributed by atoms with Crippen LogP contribution in [0.3, 0.4) is 0 Å². The van der Waals surface area contributed by atoms with E-state index in [9.17, 15) is 25.0 Å². The molecule has 2 aromatic carbocycles. The minimum atomic E-state index is -0.693. The van der Waals surface area contributed by atoms with Gasteiger partial charge < -0.3 is 14.5 Å². The zero-order valence-corrected chi connectivity index (χ0v) is 16.9. The fourth-order valence-corrected chi connectivity index (χ4v) is 2.79. The lowest BCUT2D eigenvalue weighted by Gasteiger charge is -2.06. The molecule has 0 fully saturated rings. The van der Waals surface area contributed by atoms with Gasteiger partial charge >= 0.3 is 5.97 Å². The Morgan fingerprint density at radius 1 is 1.19 bits per heavy atom. The Morgan fingerprint density at radius 3 is 2.69 bits per heavy atom. The van der Waals surface area contributed by atoms with E-state index in [2.05, 4.69) is 5.32 Å². The first-order chi connectivity index (χ1) is 15.4. The average molecular weight is 431 g/mol. The fraction of sp³-hybridized carbons (Fsp3) is 0.0870. The highest BCUT2D eigenvalue weighted by molar-refractivity contribution is 6.09. The Hall–Kier alpha value is -4.71. The molecule has 0 bridgehead atoms. The molecule has 0 aliphatic rings. The van der Waals surface area contributed by atoms with E-state index in [1.807, 2.05) is 6.07 Å². The first-order valence-electron chi connectivity index (χ1n) is 9.46. The van der Waals surface area contributed by atoms with E-state index >= 15 is 0 Å². The molecule has 3 rings (SSSR count). The summed E-state index contributed by atoms with van der Waals surface area (Å²) < 4.78 is 10.6. The van der Waals surface area contributed by atoms with E-state index in [0.717, 1.165) is 0 Å². The summed E-state index contributed by atoms with van der Waals surface area (Å²) in [6.07, 6.45) is 1.26. The van der Waals surface area contributed by atoms with Crippen LogP contribution in [0.25, 0.3) is 17.4 Å². The van der Waals surface area contributed by atoms with E-state index in [0.29, 0.717) is 17.0 Å². The van der Waals surface area contributed by atoms with Gasteiger partial charge in [0.15, 0.2) is 0 Å². The molecule has 160 valence electrons. The number of esters is 1. The molecule has 0 saturated heterocycles. The molecule has 0 radical (unpaired) electrons.